The second kappa shape index (κ2) is 6.94. The van der Waals surface area contributed by atoms with Gasteiger partial charge in [-0.2, -0.15) is 0 Å². The summed E-state index contributed by atoms with van der Waals surface area (Å²) in [4.78, 5) is 14.2. The molecule has 0 bridgehead atoms. The van der Waals surface area contributed by atoms with Crippen LogP contribution in [0.5, 0.6) is 5.75 Å². The molecule has 1 aliphatic rings. The van der Waals surface area contributed by atoms with Crippen LogP contribution in [0.2, 0.25) is 0 Å². The lowest BCUT2D eigenvalue weighted by Gasteiger charge is -2.26. The van der Waals surface area contributed by atoms with Crippen molar-refractivity contribution in [1.29, 1.82) is 0 Å². The van der Waals surface area contributed by atoms with E-state index in [1.54, 1.807) is 0 Å². The molecule has 1 amide bonds. The van der Waals surface area contributed by atoms with E-state index in [2.05, 4.69) is 24.4 Å². The van der Waals surface area contributed by atoms with Crippen molar-refractivity contribution in [2.75, 3.05) is 19.7 Å². The number of ether oxygens (including phenoxy) is 1. The Kier molecular flexibility index (Phi) is 5.23. The summed E-state index contributed by atoms with van der Waals surface area (Å²) in [5.41, 5.74) is 2.47. The Hall–Kier alpha value is -1.55. The lowest BCUT2D eigenvalue weighted by molar-refractivity contribution is -0.132. The van der Waals surface area contributed by atoms with Gasteiger partial charge in [-0.15, -0.1) is 0 Å². The molecule has 1 aliphatic heterocycles. The minimum absolute atomic E-state index is 0.144. The SMILES string of the molecule is CCN(CC)C(=O)C(C)NC(C)c1ccc2c(c1)CCO2. The van der Waals surface area contributed by atoms with Crippen molar-refractivity contribution in [3.05, 3.63) is 29.3 Å². The fourth-order valence-corrected chi connectivity index (χ4v) is 2.83. The Bertz CT molecular complexity index is 498. The zero-order valence-electron chi connectivity index (χ0n) is 13.5. The van der Waals surface area contributed by atoms with E-state index in [1.807, 2.05) is 31.7 Å². The van der Waals surface area contributed by atoms with Crippen LogP contribution < -0.4 is 10.1 Å². The molecular formula is C17H26N2O2. The molecule has 0 aliphatic carbocycles. The second-order valence-corrected chi connectivity index (χ2v) is 5.59. The van der Waals surface area contributed by atoms with E-state index in [1.165, 1.54) is 11.1 Å². The maximum absolute atomic E-state index is 12.3. The highest BCUT2D eigenvalue weighted by Gasteiger charge is 2.21. The lowest BCUT2D eigenvalue weighted by atomic mass is 10.0. The molecule has 4 heteroatoms. The molecule has 1 N–H and O–H groups in total. The van der Waals surface area contributed by atoms with Crippen LogP contribution in [0.4, 0.5) is 0 Å². The normalized spacial score (nSPS) is 16.0. The molecule has 116 valence electrons. The van der Waals surface area contributed by atoms with Gasteiger partial charge in [0, 0.05) is 25.6 Å². The van der Waals surface area contributed by atoms with E-state index in [0.717, 1.165) is 31.9 Å². The third kappa shape index (κ3) is 3.56. The average molecular weight is 290 g/mol. The topological polar surface area (TPSA) is 41.6 Å². The lowest BCUT2D eigenvalue weighted by Crippen LogP contribution is -2.45. The molecule has 0 aromatic heterocycles. The third-order valence-electron chi connectivity index (χ3n) is 4.16. The van der Waals surface area contributed by atoms with Crippen LogP contribution in [-0.4, -0.2) is 36.5 Å². The molecule has 4 nitrogen and oxygen atoms in total. The van der Waals surface area contributed by atoms with Crippen molar-refractivity contribution >= 4 is 5.91 Å². The number of likely N-dealkylation sites (N-methyl/N-ethyl adjacent to an activating group) is 1. The number of nitrogens with zero attached hydrogens (tertiary/aromatic N) is 1. The number of hydrogen-bond acceptors (Lipinski definition) is 3. The van der Waals surface area contributed by atoms with Crippen molar-refractivity contribution in [2.24, 2.45) is 0 Å². The Morgan fingerprint density at radius 2 is 2.05 bits per heavy atom. The molecule has 0 spiro atoms. The quantitative estimate of drug-likeness (QED) is 0.875. The van der Waals surface area contributed by atoms with Crippen molar-refractivity contribution in [1.82, 2.24) is 10.2 Å². The largest absolute Gasteiger partial charge is 0.493 e. The molecule has 2 atom stereocenters. The summed E-state index contributed by atoms with van der Waals surface area (Å²) in [6.45, 7) is 10.3. The van der Waals surface area contributed by atoms with E-state index in [-0.39, 0.29) is 18.0 Å². The molecule has 0 radical (unpaired) electrons. The maximum atomic E-state index is 12.3. The standard InChI is InChI=1S/C17H26N2O2/c1-5-19(6-2)17(20)13(4)18-12(3)14-7-8-16-15(11-14)9-10-21-16/h7-8,11-13,18H,5-6,9-10H2,1-4H3. The van der Waals surface area contributed by atoms with Crippen LogP contribution in [0.3, 0.4) is 0 Å². The zero-order chi connectivity index (χ0) is 15.4. The minimum atomic E-state index is -0.176. The number of fused-ring (bicyclic) bond motifs is 1. The number of amides is 1. The van der Waals surface area contributed by atoms with Crippen LogP contribution in [0.25, 0.3) is 0 Å². The van der Waals surface area contributed by atoms with E-state index < -0.39 is 0 Å². The summed E-state index contributed by atoms with van der Waals surface area (Å²) >= 11 is 0. The second-order valence-electron chi connectivity index (χ2n) is 5.59. The monoisotopic (exact) mass is 290 g/mol. The summed E-state index contributed by atoms with van der Waals surface area (Å²) in [5.74, 6) is 1.16. The van der Waals surface area contributed by atoms with Gasteiger partial charge in [0.1, 0.15) is 5.75 Å². The first-order chi connectivity index (χ1) is 10.1. The van der Waals surface area contributed by atoms with Gasteiger partial charge < -0.3 is 9.64 Å². The van der Waals surface area contributed by atoms with Gasteiger partial charge in [-0.05, 0) is 44.9 Å². The van der Waals surface area contributed by atoms with Crippen molar-refractivity contribution in [3.8, 4) is 5.75 Å². The number of carbonyl (C=O) groups is 1. The molecule has 0 saturated carbocycles. The summed E-state index contributed by atoms with van der Waals surface area (Å²) in [5, 5.41) is 3.40. The van der Waals surface area contributed by atoms with Gasteiger partial charge in [0.25, 0.3) is 0 Å². The van der Waals surface area contributed by atoms with E-state index in [4.69, 9.17) is 4.74 Å². The smallest absolute Gasteiger partial charge is 0.239 e. The highest BCUT2D eigenvalue weighted by Crippen LogP contribution is 2.28. The molecule has 1 heterocycles. The number of nitrogens with one attached hydrogen (secondary N) is 1. The first-order valence-electron chi connectivity index (χ1n) is 7.87. The van der Waals surface area contributed by atoms with E-state index in [9.17, 15) is 4.79 Å². The maximum Gasteiger partial charge on any atom is 0.239 e. The molecule has 2 rings (SSSR count). The van der Waals surface area contributed by atoms with Gasteiger partial charge in [0.15, 0.2) is 0 Å². The molecule has 0 saturated heterocycles. The minimum Gasteiger partial charge on any atom is -0.493 e. The number of benzene rings is 1. The molecule has 1 aromatic carbocycles. The molecule has 21 heavy (non-hydrogen) atoms. The van der Waals surface area contributed by atoms with Gasteiger partial charge in [-0.25, -0.2) is 0 Å². The highest BCUT2D eigenvalue weighted by molar-refractivity contribution is 5.81. The summed E-state index contributed by atoms with van der Waals surface area (Å²) in [6, 6.07) is 6.27. The van der Waals surface area contributed by atoms with Crippen molar-refractivity contribution in [3.63, 3.8) is 0 Å². The van der Waals surface area contributed by atoms with Gasteiger partial charge in [-0.3, -0.25) is 10.1 Å². The van der Waals surface area contributed by atoms with Crippen LogP contribution >= 0.6 is 0 Å². The number of rotatable bonds is 6. The Balaban J connectivity index is 2.00. The first kappa shape index (κ1) is 15.8. The van der Waals surface area contributed by atoms with E-state index >= 15 is 0 Å². The first-order valence-corrected chi connectivity index (χ1v) is 7.87. The fourth-order valence-electron chi connectivity index (χ4n) is 2.83. The Labute approximate surface area is 127 Å². The summed E-state index contributed by atoms with van der Waals surface area (Å²) < 4.78 is 5.53. The van der Waals surface area contributed by atoms with Crippen LogP contribution in [0, 0.1) is 0 Å². The molecule has 2 unspecified atom stereocenters. The van der Waals surface area contributed by atoms with Crippen LogP contribution in [0.15, 0.2) is 18.2 Å². The van der Waals surface area contributed by atoms with Crippen LogP contribution in [0.1, 0.15) is 44.9 Å². The Morgan fingerprint density at radius 1 is 1.33 bits per heavy atom. The van der Waals surface area contributed by atoms with Crippen LogP contribution in [-0.2, 0) is 11.2 Å². The van der Waals surface area contributed by atoms with Gasteiger partial charge >= 0.3 is 0 Å². The number of carbonyl (C=O) groups excluding carboxylic acids is 1. The Morgan fingerprint density at radius 3 is 2.71 bits per heavy atom. The summed E-state index contributed by atoms with van der Waals surface area (Å²) in [6.07, 6.45) is 0.976. The molecule has 0 fully saturated rings. The predicted molar refractivity (Wildman–Crippen MR) is 84.6 cm³/mol. The van der Waals surface area contributed by atoms with Gasteiger partial charge in [-0.1, -0.05) is 12.1 Å². The predicted octanol–water partition coefficient (Wildman–Crippen LogP) is 2.53. The van der Waals surface area contributed by atoms with Gasteiger partial charge in [0.05, 0.1) is 12.6 Å². The van der Waals surface area contributed by atoms with Gasteiger partial charge in [0.2, 0.25) is 5.91 Å². The highest BCUT2D eigenvalue weighted by atomic mass is 16.5. The zero-order valence-corrected chi connectivity index (χ0v) is 13.5. The molecular weight excluding hydrogens is 264 g/mol. The third-order valence-corrected chi connectivity index (χ3v) is 4.16. The van der Waals surface area contributed by atoms with Crippen molar-refractivity contribution < 1.29 is 9.53 Å². The van der Waals surface area contributed by atoms with E-state index in [0.29, 0.717) is 0 Å². The average Bonchev–Trinajstić information content (AvgIpc) is 2.95. The van der Waals surface area contributed by atoms with Crippen molar-refractivity contribution in [2.45, 2.75) is 46.2 Å². The fraction of sp³-hybridized carbons (Fsp3) is 0.588. The molecule has 1 aromatic rings. The number of hydrogen-bond donors (Lipinski definition) is 1. The summed E-state index contributed by atoms with van der Waals surface area (Å²) in [7, 11) is 0.